The lowest BCUT2D eigenvalue weighted by atomic mass is 9.88. The molecule has 0 atom stereocenters. The number of hydrogen-bond donors (Lipinski definition) is 0. The lowest BCUT2D eigenvalue weighted by molar-refractivity contribution is 0.344. The van der Waals surface area contributed by atoms with Crippen LogP contribution in [0.25, 0.3) is 10.6 Å². The summed E-state index contributed by atoms with van der Waals surface area (Å²) in [6.07, 6.45) is 4.93. The van der Waals surface area contributed by atoms with E-state index in [0.717, 1.165) is 21.3 Å². The first-order valence-corrected chi connectivity index (χ1v) is 8.56. The van der Waals surface area contributed by atoms with Gasteiger partial charge in [0.25, 0.3) is 0 Å². The first kappa shape index (κ1) is 15.0. The number of hydrogen-bond acceptors (Lipinski definition) is 4. The van der Waals surface area contributed by atoms with Crippen LogP contribution in [0.1, 0.15) is 38.2 Å². The fourth-order valence-corrected chi connectivity index (χ4v) is 3.76. The summed E-state index contributed by atoms with van der Waals surface area (Å²) in [6, 6.07) is 10.1. The Kier molecular flexibility index (Phi) is 4.39. The average Bonchev–Trinajstić information content (AvgIpc) is 2.91. The highest BCUT2D eigenvalue weighted by molar-refractivity contribution is 7.12. The zero-order valence-corrected chi connectivity index (χ0v) is 13.8. The molecule has 1 heterocycles. The Balaban J connectivity index is 1.85. The molecule has 0 spiro atoms. The van der Waals surface area contributed by atoms with Crippen molar-refractivity contribution in [2.75, 3.05) is 0 Å². The van der Waals surface area contributed by atoms with E-state index in [-0.39, 0.29) is 0 Å². The van der Waals surface area contributed by atoms with Crippen molar-refractivity contribution < 1.29 is 0 Å². The third-order valence-electron chi connectivity index (χ3n) is 4.24. The highest BCUT2D eigenvalue weighted by Gasteiger charge is 2.17. The van der Waals surface area contributed by atoms with Gasteiger partial charge in [-0.3, -0.25) is 4.99 Å². The predicted molar refractivity (Wildman–Crippen MR) is 88.2 cm³/mol. The van der Waals surface area contributed by atoms with Crippen LogP contribution in [0.3, 0.4) is 0 Å². The molecule has 1 aliphatic carbocycles. The van der Waals surface area contributed by atoms with Crippen LogP contribution in [0.15, 0.2) is 29.3 Å². The van der Waals surface area contributed by atoms with Gasteiger partial charge < -0.3 is 0 Å². The summed E-state index contributed by atoms with van der Waals surface area (Å²) in [6.45, 7) is 2.33. The molecule has 0 radical (unpaired) electrons. The quantitative estimate of drug-likeness (QED) is 0.852. The third kappa shape index (κ3) is 3.28. The summed E-state index contributed by atoms with van der Waals surface area (Å²) in [5.41, 5.74) is 1.71. The Morgan fingerprint density at radius 2 is 1.91 bits per heavy atom. The molecule has 114 valence electrons. The number of nitriles is 1. The van der Waals surface area contributed by atoms with Gasteiger partial charge in [0.15, 0.2) is 0 Å². The third-order valence-corrected chi connectivity index (χ3v) is 5.31. The Labute approximate surface area is 134 Å². The van der Waals surface area contributed by atoms with Gasteiger partial charge in [-0.25, -0.2) is 4.68 Å². The van der Waals surface area contributed by atoms with Gasteiger partial charge in [0.1, 0.15) is 5.01 Å². The number of benzene rings is 1. The van der Waals surface area contributed by atoms with Crippen molar-refractivity contribution >= 4 is 11.3 Å². The summed E-state index contributed by atoms with van der Waals surface area (Å²) in [7, 11) is 1.95. The fraction of sp³-hybridized carbons (Fsp3) is 0.471. The summed E-state index contributed by atoms with van der Waals surface area (Å²) in [5, 5.41) is 14.4. The van der Waals surface area contributed by atoms with Crippen LogP contribution in [-0.4, -0.2) is 15.8 Å². The number of aromatic nitrogens is 2. The molecule has 1 aromatic carbocycles. The Hall–Kier alpha value is -1.93. The van der Waals surface area contributed by atoms with Crippen molar-refractivity contribution in [3.8, 4) is 16.6 Å². The average molecular weight is 312 g/mol. The van der Waals surface area contributed by atoms with E-state index in [1.807, 2.05) is 36.0 Å². The lowest BCUT2D eigenvalue weighted by Gasteiger charge is -2.22. The molecular formula is C17H20N4S. The highest BCUT2D eigenvalue weighted by atomic mass is 32.1. The predicted octanol–water partition coefficient (Wildman–Crippen LogP) is 3.50. The minimum atomic E-state index is 0.441. The van der Waals surface area contributed by atoms with Gasteiger partial charge >= 0.3 is 0 Å². The highest BCUT2D eigenvalue weighted by Crippen LogP contribution is 2.25. The van der Waals surface area contributed by atoms with E-state index in [0.29, 0.717) is 11.6 Å². The smallest absolute Gasteiger partial charge is 0.203 e. The van der Waals surface area contributed by atoms with Crippen molar-refractivity contribution in [1.82, 2.24) is 9.78 Å². The van der Waals surface area contributed by atoms with Crippen LogP contribution in [0, 0.1) is 17.2 Å². The standard InChI is InChI=1S/C17H20N4S/c1-12-3-9-15(10-4-12)19-17-21(2)20-16(22-17)14-7-5-13(11-18)6-8-14/h5-8,12,15H,3-4,9-10H2,1-2H3/t12-,15+. The molecule has 1 aliphatic rings. The SMILES string of the molecule is Cn1nc(-c2ccc(C#N)cc2)sc1=N[C@H]1CC[C@@H](C)CC1. The van der Waals surface area contributed by atoms with Crippen molar-refractivity contribution in [2.24, 2.45) is 18.0 Å². The van der Waals surface area contributed by atoms with Crippen LogP contribution < -0.4 is 4.80 Å². The van der Waals surface area contributed by atoms with Gasteiger partial charge in [-0.2, -0.15) is 10.4 Å². The van der Waals surface area contributed by atoms with Crippen LogP contribution in [0.4, 0.5) is 0 Å². The maximum atomic E-state index is 8.87. The van der Waals surface area contributed by atoms with Crippen molar-refractivity contribution in [3.63, 3.8) is 0 Å². The Morgan fingerprint density at radius 3 is 2.55 bits per heavy atom. The molecule has 0 N–H and O–H groups in total. The van der Waals surface area contributed by atoms with Gasteiger partial charge in [0.2, 0.25) is 4.80 Å². The van der Waals surface area contributed by atoms with E-state index in [1.54, 1.807) is 11.3 Å². The molecule has 22 heavy (non-hydrogen) atoms. The topological polar surface area (TPSA) is 54.0 Å². The van der Waals surface area contributed by atoms with Crippen LogP contribution in [-0.2, 0) is 7.05 Å². The molecule has 1 saturated carbocycles. The van der Waals surface area contributed by atoms with Crippen LogP contribution in [0.5, 0.6) is 0 Å². The second-order valence-corrected chi connectivity index (χ2v) is 7.00. The normalized spacial score (nSPS) is 22.5. The monoisotopic (exact) mass is 312 g/mol. The fourth-order valence-electron chi connectivity index (χ4n) is 2.79. The molecule has 1 aromatic heterocycles. The summed E-state index contributed by atoms with van der Waals surface area (Å²) in [5.74, 6) is 0.843. The molecular weight excluding hydrogens is 292 g/mol. The molecule has 0 aliphatic heterocycles. The van der Waals surface area contributed by atoms with Crippen molar-refractivity contribution in [3.05, 3.63) is 34.6 Å². The molecule has 1 fully saturated rings. The molecule has 4 nitrogen and oxygen atoms in total. The Bertz CT molecular complexity index is 740. The van der Waals surface area contributed by atoms with E-state index >= 15 is 0 Å². The second kappa shape index (κ2) is 6.45. The van der Waals surface area contributed by atoms with Crippen molar-refractivity contribution in [1.29, 1.82) is 5.26 Å². The lowest BCUT2D eigenvalue weighted by Crippen LogP contribution is -2.21. The zero-order chi connectivity index (χ0) is 15.5. The van der Waals surface area contributed by atoms with E-state index in [4.69, 9.17) is 10.3 Å². The maximum Gasteiger partial charge on any atom is 0.203 e. The largest absolute Gasteiger partial charge is 0.254 e. The number of rotatable bonds is 2. The van der Waals surface area contributed by atoms with Gasteiger partial charge in [0, 0.05) is 12.6 Å². The molecule has 0 amide bonds. The second-order valence-electron chi connectivity index (χ2n) is 6.05. The molecule has 0 unspecified atom stereocenters. The van der Waals surface area contributed by atoms with Gasteiger partial charge in [-0.15, -0.1) is 0 Å². The van der Waals surface area contributed by atoms with Gasteiger partial charge in [0.05, 0.1) is 17.7 Å². The minimum Gasteiger partial charge on any atom is -0.254 e. The first-order chi connectivity index (χ1) is 10.7. The van der Waals surface area contributed by atoms with Crippen molar-refractivity contribution in [2.45, 2.75) is 38.6 Å². The summed E-state index contributed by atoms with van der Waals surface area (Å²) < 4.78 is 1.87. The summed E-state index contributed by atoms with van der Waals surface area (Å²) in [4.78, 5) is 5.88. The van der Waals surface area contributed by atoms with Gasteiger partial charge in [-0.05, 0) is 43.7 Å². The summed E-state index contributed by atoms with van der Waals surface area (Å²) >= 11 is 1.62. The molecule has 0 saturated heterocycles. The number of nitrogens with zero attached hydrogens (tertiary/aromatic N) is 4. The molecule has 2 aromatic rings. The van der Waals surface area contributed by atoms with Crippen LogP contribution >= 0.6 is 11.3 Å². The first-order valence-electron chi connectivity index (χ1n) is 7.74. The zero-order valence-electron chi connectivity index (χ0n) is 13.0. The minimum absolute atomic E-state index is 0.441. The van der Waals surface area contributed by atoms with E-state index in [2.05, 4.69) is 18.1 Å². The number of aryl methyl sites for hydroxylation is 1. The maximum absolute atomic E-state index is 8.87. The van der Waals surface area contributed by atoms with E-state index in [1.165, 1.54) is 25.7 Å². The van der Waals surface area contributed by atoms with E-state index < -0.39 is 0 Å². The molecule has 0 bridgehead atoms. The van der Waals surface area contributed by atoms with E-state index in [9.17, 15) is 0 Å². The van der Waals surface area contributed by atoms with Gasteiger partial charge in [-0.1, -0.05) is 30.4 Å². The molecule has 5 heteroatoms. The van der Waals surface area contributed by atoms with Crippen LogP contribution in [0.2, 0.25) is 0 Å². The molecule has 3 rings (SSSR count). The Morgan fingerprint density at radius 1 is 1.23 bits per heavy atom.